The van der Waals surface area contributed by atoms with E-state index in [4.69, 9.17) is 4.74 Å². The molecule has 3 rings (SSSR count). The number of nitrogens with one attached hydrogen (secondary N) is 1. The second kappa shape index (κ2) is 3.79. The van der Waals surface area contributed by atoms with Crippen molar-refractivity contribution in [2.24, 2.45) is 0 Å². The van der Waals surface area contributed by atoms with Gasteiger partial charge in [-0.05, 0) is 31.4 Å². The minimum absolute atomic E-state index is 0.0758. The summed E-state index contributed by atoms with van der Waals surface area (Å²) in [7, 11) is 0. The molecule has 16 heavy (non-hydrogen) atoms. The number of hydrogen-bond donors (Lipinski definition) is 1. The molecule has 0 radical (unpaired) electrons. The van der Waals surface area contributed by atoms with Crippen LogP contribution in [0.25, 0.3) is 11.0 Å². The molecule has 1 aromatic heterocycles. The van der Waals surface area contributed by atoms with Crippen LogP contribution in [0.4, 0.5) is 0 Å². The average Bonchev–Trinajstić information content (AvgIpc) is 2.66. The molecular formula is C12H14N2O2. The molecule has 1 aliphatic rings. The third-order valence-corrected chi connectivity index (χ3v) is 3.07. The number of rotatable bonds is 1. The van der Waals surface area contributed by atoms with E-state index < -0.39 is 0 Å². The lowest BCUT2D eigenvalue weighted by Gasteiger charge is -2.23. The summed E-state index contributed by atoms with van der Waals surface area (Å²) >= 11 is 0. The van der Waals surface area contributed by atoms with Gasteiger partial charge in [-0.2, -0.15) is 0 Å². The molecule has 1 N–H and O–H groups in total. The fourth-order valence-electron chi connectivity index (χ4n) is 2.29. The number of ether oxygens (including phenoxy) is 1. The van der Waals surface area contributed by atoms with Crippen LogP contribution in [-0.4, -0.2) is 16.2 Å². The normalized spacial score (nSPS) is 21.4. The van der Waals surface area contributed by atoms with Crippen LogP contribution in [0.15, 0.2) is 29.1 Å². The molecule has 1 aliphatic heterocycles. The summed E-state index contributed by atoms with van der Waals surface area (Å²) in [6.45, 7) is 0.747. The van der Waals surface area contributed by atoms with Crippen LogP contribution in [0, 0.1) is 0 Å². The molecular weight excluding hydrogens is 204 g/mol. The maximum atomic E-state index is 11.9. The number of aromatic amines is 1. The summed E-state index contributed by atoms with van der Waals surface area (Å²) in [6.07, 6.45) is 3.03. The molecule has 2 aromatic rings. The van der Waals surface area contributed by atoms with E-state index in [-0.39, 0.29) is 11.9 Å². The molecule has 0 saturated carbocycles. The molecule has 1 unspecified atom stereocenters. The van der Waals surface area contributed by atoms with E-state index in [0.29, 0.717) is 0 Å². The Balaban J connectivity index is 2.14. The van der Waals surface area contributed by atoms with Gasteiger partial charge in [0.15, 0.2) is 0 Å². The SMILES string of the molecule is O=c1[nH]c2ccccc2n1C1CCCCO1. The fourth-order valence-corrected chi connectivity index (χ4v) is 2.29. The van der Waals surface area contributed by atoms with E-state index in [1.165, 1.54) is 0 Å². The molecule has 0 spiro atoms. The summed E-state index contributed by atoms with van der Waals surface area (Å²) in [5.74, 6) is 0. The fraction of sp³-hybridized carbons (Fsp3) is 0.417. The first-order valence-corrected chi connectivity index (χ1v) is 5.67. The third-order valence-electron chi connectivity index (χ3n) is 3.07. The molecule has 84 valence electrons. The Morgan fingerprint density at radius 1 is 1.31 bits per heavy atom. The number of imidazole rings is 1. The smallest absolute Gasteiger partial charge is 0.328 e. The lowest BCUT2D eigenvalue weighted by Crippen LogP contribution is -2.26. The van der Waals surface area contributed by atoms with Crippen molar-refractivity contribution in [1.29, 1.82) is 0 Å². The highest BCUT2D eigenvalue weighted by Crippen LogP contribution is 2.24. The molecule has 0 amide bonds. The van der Waals surface area contributed by atoms with Gasteiger partial charge >= 0.3 is 5.69 Å². The van der Waals surface area contributed by atoms with Gasteiger partial charge in [-0.25, -0.2) is 4.79 Å². The Hall–Kier alpha value is -1.55. The second-order valence-electron chi connectivity index (χ2n) is 4.14. The van der Waals surface area contributed by atoms with E-state index >= 15 is 0 Å². The average molecular weight is 218 g/mol. The topological polar surface area (TPSA) is 47.0 Å². The van der Waals surface area contributed by atoms with Crippen molar-refractivity contribution in [1.82, 2.24) is 9.55 Å². The first kappa shape index (κ1) is 9.66. The first-order valence-electron chi connectivity index (χ1n) is 5.67. The van der Waals surface area contributed by atoms with Gasteiger partial charge < -0.3 is 9.72 Å². The minimum atomic E-state index is -0.0996. The monoisotopic (exact) mass is 218 g/mol. The predicted molar refractivity (Wildman–Crippen MR) is 61.4 cm³/mol. The van der Waals surface area contributed by atoms with Crippen LogP contribution < -0.4 is 5.69 Å². The first-order chi connectivity index (χ1) is 7.86. The zero-order valence-electron chi connectivity index (χ0n) is 8.98. The third kappa shape index (κ3) is 1.46. The van der Waals surface area contributed by atoms with E-state index in [9.17, 15) is 4.79 Å². The maximum Gasteiger partial charge on any atom is 0.328 e. The Labute approximate surface area is 92.8 Å². The number of H-pyrrole nitrogens is 1. The Morgan fingerprint density at radius 2 is 2.19 bits per heavy atom. The number of aromatic nitrogens is 2. The van der Waals surface area contributed by atoms with Crippen LogP contribution in [0.2, 0.25) is 0 Å². The van der Waals surface area contributed by atoms with Gasteiger partial charge in [0.05, 0.1) is 11.0 Å². The number of hydrogen-bond acceptors (Lipinski definition) is 2. The van der Waals surface area contributed by atoms with E-state index in [2.05, 4.69) is 4.98 Å². The predicted octanol–water partition coefficient (Wildman–Crippen LogP) is 2.03. The minimum Gasteiger partial charge on any atom is -0.358 e. The zero-order chi connectivity index (χ0) is 11.0. The van der Waals surface area contributed by atoms with Crippen molar-refractivity contribution in [2.45, 2.75) is 25.5 Å². The molecule has 4 nitrogen and oxygen atoms in total. The van der Waals surface area contributed by atoms with Crippen molar-refractivity contribution in [2.75, 3.05) is 6.61 Å². The van der Waals surface area contributed by atoms with Crippen LogP contribution >= 0.6 is 0 Å². The Kier molecular flexibility index (Phi) is 2.29. The van der Waals surface area contributed by atoms with Gasteiger partial charge in [-0.1, -0.05) is 12.1 Å². The van der Waals surface area contributed by atoms with Gasteiger partial charge in [0.1, 0.15) is 6.23 Å². The number of fused-ring (bicyclic) bond motifs is 1. The quantitative estimate of drug-likeness (QED) is 0.796. The summed E-state index contributed by atoms with van der Waals surface area (Å²) in [6, 6.07) is 7.72. The number of para-hydroxylation sites is 2. The highest BCUT2D eigenvalue weighted by Gasteiger charge is 2.19. The zero-order valence-corrected chi connectivity index (χ0v) is 8.98. The van der Waals surface area contributed by atoms with Gasteiger partial charge in [-0.15, -0.1) is 0 Å². The highest BCUT2D eigenvalue weighted by atomic mass is 16.5. The Bertz CT molecular complexity index is 549. The second-order valence-corrected chi connectivity index (χ2v) is 4.14. The van der Waals surface area contributed by atoms with E-state index in [1.807, 2.05) is 24.3 Å². The van der Waals surface area contributed by atoms with Crippen LogP contribution in [0.5, 0.6) is 0 Å². The van der Waals surface area contributed by atoms with Crippen molar-refractivity contribution in [3.63, 3.8) is 0 Å². The summed E-state index contributed by atoms with van der Waals surface area (Å²) in [4.78, 5) is 14.7. The molecule has 1 atom stereocenters. The van der Waals surface area contributed by atoms with E-state index in [1.54, 1.807) is 4.57 Å². The molecule has 2 heterocycles. The highest BCUT2D eigenvalue weighted by molar-refractivity contribution is 5.75. The summed E-state index contributed by atoms with van der Waals surface area (Å²) in [5, 5.41) is 0. The maximum absolute atomic E-state index is 11.9. The number of benzene rings is 1. The largest absolute Gasteiger partial charge is 0.358 e. The molecule has 1 aromatic carbocycles. The Morgan fingerprint density at radius 3 is 3.00 bits per heavy atom. The van der Waals surface area contributed by atoms with Gasteiger partial charge in [0.25, 0.3) is 0 Å². The molecule has 0 aliphatic carbocycles. The lowest BCUT2D eigenvalue weighted by atomic mass is 10.2. The molecule has 1 fully saturated rings. The van der Waals surface area contributed by atoms with Crippen molar-refractivity contribution in [3.8, 4) is 0 Å². The van der Waals surface area contributed by atoms with Gasteiger partial charge in [0, 0.05) is 6.61 Å². The van der Waals surface area contributed by atoms with Crippen LogP contribution in [0.3, 0.4) is 0 Å². The van der Waals surface area contributed by atoms with Gasteiger partial charge in [0.2, 0.25) is 0 Å². The van der Waals surface area contributed by atoms with Crippen LogP contribution in [0.1, 0.15) is 25.5 Å². The van der Waals surface area contributed by atoms with Crippen molar-refractivity contribution < 1.29 is 4.74 Å². The molecule has 4 heteroatoms. The van der Waals surface area contributed by atoms with Crippen molar-refractivity contribution in [3.05, 3.63) is 34.7 Å². The standard InChI is InChI=1S/C12H14N2O2/c15-12-13-9-5-1-2-6-10(9)14(12)11-7-3-4-8-16-11/h1-2,5-6,11H,3-4,7-8H2,(H,13,15). The lowest BCUT2D eigenvalue weighted by molar-refractivity contribution is -0.0313. The summed E-state index contributed by atoms with van der Waals surface area (Å²) < 4.78 is 7.38. The molecule has 1 saturated heterocycles. The molecule has 0 bridgehead atoms. The summed E-state index contributed by atoms with van der Waals surface area (Å²) in [5.41, 5.74) is 1.73. The van der Waals surface area contributed by atoms with Gasteiger partial charge in [-0.3, -0.25) is 4.57 Å². The number of nitrogens with zero attached hydrogens (tertiary/aromatic N) is 1. The van der Waals surface area contributed by atoms with Crippen LogP contribution in [-0.2, 0) is 4.74 Å². The van der Waals surface area contributed by atoms with E-state index in [0.717, 1.165) is 36.9 Å². The van der Waals surface area contributed by atoms with Crippen molar-refractivity contribution >= 4 is 11.0 Å².